The molecule has 2 heterocycles. The zero-order chi connectivity index (χ0) is 16.2. The van der Waals surface area contributed by atoms with Crippen LogP contribution in [0.2, 0.25) is 0 Å². The Hall–Kier alpha value is -1.55. The molecule has 0 spiro atoms. The number of rotatable bonds is 4. The normalized spacial score (nSPS) is 22.5. The monoisotopic (exact) mass is 316 g/mol. The molecule has 126 valence electrons. The highest BCUT2D eigenvalue weighted by atomic mass is 16.5. The minimum Gasteiger partial charge on any atom is -0.493 e. The van der Waals surface area contributed by atoms with E-state index in [1.54, 1.807) is 0 Å². The number of para-hydroxylation sites is 1. The quantitative estimate of drug-likeness (QED) is 0.928. The average Bonchev–Trinajstić information content (AvgIpc) is 2.55. The second kappa shape index (κ2) is 7.35. The number of hydrogen-bond donors (Lipinski definition) is 1. The summed E-state index contributed by atoms with van der Waals surface area (Å²) in [6.07, 6.45) is 2.81. The van der Waals surface area contributed by atoms with Gasteiger partial charge in [-0.15, -0.1) is 0 Å². The van der Waals surface area contributed by atoms with Crippen LogP contribution in [0, 0.1) is 11.8 Å². The van der Waals surface area contributed by atoms with Crippen molar-refractivity contribution in [2.75, 3.05) is 26.2 Å². The minimum atomic E-state index is 0.0983. The van der Waals surface area contributed by atoms with Gasteiger partial charge in [-0.3, -0.25) is 4.79 Å². The number of carbonyl (C=O) groups is 1. The minimum absolute atomic E-state index is 0.0983. The molecule has 1 amide bonds. The number of amides is 1. The Morgan fingerprint density at radius 2 is 2.00 bits per heavy atom. The van der Waals surface area contributed by atoms with Crippen molar-refractivity contribution in [3.05, 3.63) is 29.8 Å². The zero-order valence-corrected chi connectivity index (χ0v) is 14.3. The molecule has 1 saturated heterocycles. The van der Waals surface area contributed by atoms with Crippen LogP contribution >= 0.6 is 0 Å². The number of nitrogens with one attached hydrogen (secondary N) is 1. The van der Waals surface area contributed by atoms with E-state index in [1.165, 1.54) is 0 Å². The third-order valence-corrected chi connectivity index (χ3v) is 4.86. The third kappa shape index (κ3) is 4.05. The molecule has 2 aliphatic rings. The molecule has 3 rings (SSSR count). The molecule has 4 nitrogen and oxygen atoms in total. The number of ether oxygens (including phenoxy) is 1. The topological polar surface area (TPSA) is 41.6 Å². The van der Waals surface area contributed by atoms with Crippen LogP contribution in [0.5, 0.6) is 5.75 Å². The van der Waals surface area contributed by atoms with Crippen molar-refractivity contribution in [2.24, 2.45) is 11.8 Å². The Bertz CT molecular complexity index is 536. The Morgan fingerprint density at radius 1 is 1.26 bits per heavy atom. The van der Waals surface area contributed by atoms with Crippen molar-refractivity contribution >= 4 is 5.91 Å². The van der Waals surface area contributed by atoms with Crippen LogP contribution in [0.4, 0.5) is 0 Å². The first-order valence-electron chi connectivity index (χ1n) is 8.88. The van der Waals surface area contributed by atoms with Gasteiger partial charge in [0.25, 0.3) is 0 Å². The maximum atomic E-state index is 12.6. The van der Waals surface area contributed by atoms with Crippen LogP contribution in [0.25, 0.3) is 0 Å². The molecule has 1 aromatic rings. The molecule has 1 unspecified atom stereocenters. The largest absolute Gasteiger partial charge is 0.493 e. The number of nitrogens with zero attached hydrogens (tertiary/aromatic N) is 1. The van der Waals surface area contributed by atoms with Crippen LogP contribution in [0.3, 0.4) is 0 Å². The van der Waals surface area contributed by atoms with Gasteiger partial charge in [0.05, 0.1) is 12.6 Å². The summed E-state index contributed by atoms with van der Waals surface area (Å²) < 4.78 is 5.67. The SMILES string of the molecule is CC(C)CN1CCC(C(=O)NC2CCOc3ccccc32)CC1. The van der Waals surface area contributed by atoms with E-state index in [9.17, 15) is 4.79 Å². The maximum Gasteiger partial charge on any atom is 0.223 e. The molecule has 4 heteroatoms. The number of benzene rings is 1. The van der Waals surface area contributed by atoms with E-state index < -0.39 is 0 Å². The molecular weight excluding hydrogens is 288 g/mol. The van der Waals surface area contributed by atoms with Crippen molar-refractivity contribution in [3.8, 4) is 5.75 Å². The van der Waals surface area contributed by atoms with Gasteiger partial charge in [0.15, 0.2) is 0 Å². The van der Waals surface area contributed by atoms with Gasteiger partial charge in [0.1, 0.15) is 5.75 Å². The summed E-state index contributed by atoms with van der Waals surface area (Å²) in [7, 11) is 0. The highest BCUT2D eigenvalue weighted by Gasteiger charge is 2.29. The maximum absolute atomic E-state index is 12.6. The van der Waals surface area contributed by atoms with Crippen molar-refractivity contribution in [1.82, 2.24) is 10.2 Å². The zero-order valence-electron chi connectivity index (χ0n) is 14.3. The Balaban J connectivity index is 1.55. The number of fused-ring (bicyclic) bond motifs is 1. The summed E-state index contributed by atoms with van der Waals surface area (Å²) in [5.74, 6) is 1.99. The van der Waals surface area contributed by atoms with Crippen molar-refractivity contribution in [3.63, 3.8) is 0 Å². The lowest BCUT2D eigenvalue weighted by atomic mass is 9.93. The molecule has 0 bridgehead atoms. The van der Waals surface area contributed by atoms with Crippen molar-refractivity contribution in [2.45, 2.75) is 39.2 Å². The predicted octanol–water partition coefficient (Wildman–Crippen LogP) is 2.99. The third-order valence-electron chi connectivity index (χ3n) is 4.86. The lowest BCUT2D eigenvalue weighted by Crippen LogP contribution is -2.43. The van der Waals surface area contributed by atoms with Crippen LogP contribution in [-0.4, -0.2) is 37.0 Å². The van der Waals surface area contributed by atoms with Crippen molar-refractivity contribution < 1.29 is 9.53 Å². The predicted molar refractivity (Wildman–Crippen MR) is 91.4 cm³/mol. The van der Waals surface area contributed by atoms with Gasteiger partial charge in [0, 0.05) is 24.4 Å². The first-order chi connectivity index (χ1) is 11.1. The summed E-state index contributed by atoms with van der Waals surface area (Å²) in [5.41, 5.74) is 1.12. The van der Waals surface area contributed by atoms with Crippen LogP contribution in [0.15, 0.2) is 24.3 Å². The van der Waals surface area contributed by atoms with E-state index in [0.29, 0.717) is 12.5 Å². The van der Waals surface area contributed by atoms with Crippen LogP contribution in [-0.2, 0) is 4.79 Å². The molecule has 2 aliphatic heterocycles. The fourth-order valence-corrected chi connectivity index (χ4v) is 3.68. The lowest BCUT2D eigenvalue weighted by Gasteiger charge is -2.34. The first-order valence-corrected chi connectivity index (χ1v) is 8.88. The van der Waals surface area contributed by atoms with E-state index in [-0.39, 0.29) is 17.9 Å². The Labute approximate surface area is 139 Å². The Morgan fingerprint density at radius 3 is 2.74 bits per heavy atom. The number of piperidine rings is 1. The summed E-state index contributed by atoms with van der Waals surface area (Å²) in [6.45, 7) is 8.40. The fraction of sp³-hybridized carbons (Fsp3) is 0.632. The highest BCUT2D eigenvalue weighted by molar-refractivity contribution is 5.79. The van der Waals surface area contributed by atoms with E-state index in [1.807, 2.05) is 18.2 Å². The number of likely N-dealkylation sites (tertiary alicyclic amines) is 1. The summed E-state index contributed by atoms with van der Waals surface area (Å²) in [6, 6.07) is 8.13. The van der Waals surface area contributed by atoms with E-state index >= 15 is 0 Å². The van der Waals surface area contributed by atoms with Gasteiger partial charge in [-0.05, 0) is 37.9 Å². The van der Waals surface area contributed by atoms with Crippen LogP contribution < -0.4 is 10.1 Å². The van der Waals surface area contributed by atoms with Gasteiger partial charge in [-0.25, -0.2) is 0 Å². The summed E-state index contributed by atoms with van der Waals surface area (Å²) in [5, 5.41) is 3.26. The molecule has 1 N–H and O–H groups in total. The first kappa shape index (κ1) is 16.3. The van der Waals surface area contributed by atoms with Gasteiger partial charge < -0.3 is 15.0 Å². The fourth-order valence-electron chi connectivity index (χ4n) is 3.68. The van der Waals surface area contributed by atoms with E-state index in [0.717, 1.165) is 50.2 Å². The molecule has 0 aliphatic carbocycles. The second-order valence-electron chi connectivity index (χ2n) is 7.20. The van der Waals surface area contributed by atoms with Gasteiger partial charge in [-0.1, -0.05) is 32.0 Å². The molecule has 0 aromatic heterocycles. The smallest absolute Gasteiger partial charge is 0.223 e. The number of carbonyl (C=O) groups excluding carboxylic acids is 1. The van der Waals surface area contributed by atoms with Gasteiger partial charge >= 0.3 is 0 Å². The van der Waals surface area contributed by atoms with Gasteiger partial charge in [0.2, 0.25) is 5.91 Å². The van der Waals surface area contributed by atoms with E-state index in [2.05, 4.69) is 30.1 Å². The standard InChI is InChI=1S/C19H28N2O2/c1-14(2)13-21-10-7-15(8-11-21)19(22)20-17-9-12-23-18-6-4-3-5-16(17)18/h3-6,14-15,17H,7-13H2,1-2H3,(H,20,22). The summed E-state index contributed by atoms with van der Waals surface area (Å²) >= 11 is 0. The molecule has 23 heavy (non-hydrogen) atoms. The molecule has 0 radical (unpaired) electrons. The Kier molecular flexibility index (Phi) is 5.21. The highest BCUT2D eigenvalue weighted by Crippen LogP contribution is 2.32. The molecule has 1 aromatic carbocycles. The summed E-state index contributed by atoms with van der Waals surface area (Å²) in [4.78, 5) is 15.1. The number of hydrogen-bond acceptors (Lipinski definition) is 3. The molecule has 0 saturated carbocycles. The molecule has 1 atom stereocenters. The van der Waals surface area contributed by atoms with Crippen LogP contribution in [0.1, 0.15) is 44.7 Å². The van der Waals surface area contributed by atoms with E-state index in [4.69, 9.17) is 4.74 Å². The van der Waals surface area contributed by atoms with Gasteiger partial charge in [-0.2, -0.15) is 0 Å². The molecular formula is C19H28N2O2. The lowest BCUT2D eigenvalue weighted by molar-refractivity contribution is -0.127. The second-order valence-corrected chi connectivity index (χ2v) is 7.20. The van der Waals surface area contributed by atoms with Crippen molar-refractivity contribution in [1.29, 1.82) is 0 Å². The average molecular weight is 316 g/mol. The molecule has 1 fully saturated rings.